The van der Waals surface area contributed by atoms with Crippen LogP contribution in [0.15, 0.2) is 5.38 Å². The van der Waals surface area contributed by atoms with E-state index in [1.807, 2.05) is 34.7 Å². The molecular formula is C25H41N5O4S. The number of hydrogen-bond acceptors (Lipinski definition) is 7. The standard InChI is InChI=1S/C25H41N5O4S/c1-6-16(4)21(29-23(32)19-9-7-8-11-30(19)5)24(33)27-17-10-12-34-20(13-17)25-28-18(14-35-25)22(31)26-15(2)3/h14-17,19-21H,6-13H2,1-5H3,(H,26,31)(H,27,33)(H,29,32)/t16-,17-,19+,20-,21-/m0/s1. The maximum absolute atomic E-state index is 13.3. The van der Waals surface area contributed by atoms with E-state index in [1.165, 1.54) is 11.3 Å². The van der Waals surface area contributed by atoms with E-state index in [2.05, 4.69) is 25.8 Å². The SMILES string of the molecule is CC[C@H](C)[C@H](NC(=O)[C@H]1CCCCN1C)C(=O)N[C@H]1CCO[C@H](c2nc(C(=O)NC(C)C)cs2)C1. The van der Waals surface area contributed by atoms with Crippen molar-refractivity contribution in [3.8, 4) is 0 Å². The minimum Gasteiger partial charge on any atom is -0.371 e. The first-order chi connectivity index (χ1) is 16.7. The van der Waals surface area contributed by atoms with Crippen molar-refractivity contribution < 1.29 is 19.1 Å². The first-order valence-corrected chi connectivity index (χ1v) is 13.8. The molecule has 35 heavy (non-hydrogen) atoms. The first kappa shape index (κ1) is 27.5. The van der Waals surface area contributed by atoms with Crippen LogP contribution in [0.3, 0.4) is 0 Å². The fourth-order valence-electron chi connectivity index (χ4n) is 4.62. The Balaban J connectivity index is 1.61. The number of amides is 3. The Bertz CT molecular complexity index is 876. The van der Waals surface area contributed by atoms with Crippen molar-refractivity contribution in [1.29, 1.82) is 0 Å². The third-order valence-corrected chi connectivity index (χ3v) is 7.88. The van der Waals surface area contributed by atoms with Gasteiger partial charge in [-0.1, -0.05) is 26.7 Å². The van der Waals surface area contributed by atoms with Crippen LogP contribution in [0.5, 0.6) is 0 Å². The highest BCUT2D eigenvalue weighted by atomic mass is 32.1. The fourth-order valence-corrected chi connectivity index (χ4v) is 5.48. The van der Waals surface area contributed by atoms with Gasteiger partial charge in [0, 0.05) is 30.5 Å². The molecule has 2 aliphatic rings. The number of ether oxygens (including phenoxy) is 1. The van der Waals surface area contributed by atoms with Gasteiger partial charge in [0.15, 0.2) is 0 Å². The number of carbonyl (C=O) groups is 3. The van der Waals surface area contributed by atoms with Crippen LogP contribution < -0.4 is 16.0 Å². The van der Waals surface area contributed by atoms with Crippen LogP contribution in [0.25, 0.3) is 0 Å². The Labute approximate surface area is 212 Å². The second kappa shape index (κ2) is 12.8. The molecule has 3 heterocycles. The Morgan fingerprint density at radius 1 is 1.20 bits per heavy atom. The summed E-state index contributed by atoms with van der Waals surface area (Å²) in [5, 5.41) is 11.5. The summed E-state index contributed by atoms with van der Waals surface area (Å²) in [5.74, 6) is -0.385. The number of likely N-dealkylation sites (tertiary alicyclic amines) is 1. The molecule has 3 rings (SSSR count). The van der Waals surface area contributed by atoms with Gasteiger partial charge in [-0.15, -0.1) is 11.3 Å². The summed E-state index contributed by atoms with van der Waals surface area (Å²) in [7, 11) is 1.97. The van der Waals surface area contributed by atoms with Gasteiger partial charge in [-0.25, -0.2) is 4.98 Å². The molecule has 0 spiro atoms. The summed E-state index contributed by atoms with van der Waals surface area (Å²) in [4.78, 5) is 45.1. The van der Waals surface area contributed by atoms with E-state index in [0.717, 1.165) is 37.2 Å². The molecule has 9 nitrogen and oxygen atoms in total. The van der Waals surface area contributed by atoms with Crippen LogP contribution in [0.4, 0.5) is 0 Å². The van der Waals surface area contributed by atoms with Crippen molar-refractivity contribution in [3.63, 3.8) is 0 Å². The number of thiazole rings is 1. The molecule has 1 aromatic heterocycles. The molecule has 3 N–H and O–H groups in total. The number of hydrogen-bond donors (Lipinski definition) is 3. The number of piperidine rings is 1. The Morgan fingerprint density at radius 2 is 1.97 bits per heavy atom. The minimum absolute atomic E-state index is 0.0180. The average Bonchev–Trinajstić information content (AvgIpc) is 3.32. The lowest BCUT2D eigenvalue weighted by molar-refractivity contribution is -0.134. The number of carbonyl (C=O) groups excluding carboxylic acids is 3. The van der Waals surface area contributed by atoms with Gasteiger partial charge in [-0.05, 0) is 52.6 Å². The van der Waals surface area contributed by atoms with Crippen LogP contribution in [0, 0.1) is 5.92 Å². The van der Waals surface area contributed by atoms with Crippen LogP contribution in [-0.4, -0.2) is 72.0 Å². The second-order valence-corrected chi connectivity index (χ2v) is 11.0. The molecule has 0 aliphatic carbocycles. The highest BCUT2D eigenvalue weighted by Crippen LogP contribution is 2.30. The summed E-state index contributed by atoms with van der Waals surface area (Å²) >= 11 is 1.40. The lowest BCUT2D eigenvalue weighted by atomic mass is 9.95. The van der Waals surface area contributed by atoms with E-state index in [9.17, 15) is 14.4 Å². The highest BCUT2D eigenvalue weighted by molar-refractivity contribution is 7.09. The summed E-state index contributed by atoms with van der Waals surface area (Å²) in [6, 6.07) is -0.799. The van der Waals surface area contributed by atoms with Crippen molar-refractivity contribution in [1.82, 2.24) is 25.8 Å². The Hall–Kier alpha value is -2.04. The third-order valence-electron chi connectivity index (χ3n) is 6.95. The molecule has 2 fully saturated rings. The first-order valence-electron chi connectivity index (χ1n) is 12.9. The normalized spacial score (nSPS) is 25.0. The van der Waals surface area contributed by atoms with Gasteiger partial charge in [0.2, 0.25) is 11.8 Å². The van der Waals surface area contributed by atoms with E-state index in [-0.39, 0.29) is 47.9 Å². The zero-order valence-electron chi connectivity index (χ0n) is 21.6. The van der Waals surface area contributed by atoms with E-state index in [1.54, 1.807) is 5.38 Å². The predicted octanol–water partition coefficient (Wildman–Crippen LogP) is 2.63. The number of likely N-dealkylation sites (N-methyl/N-ethyl adjacent to an activating group) is 1. The lowest BCUT2D eigenvalue weighted by Gasteiger charge is -2.34. The molecule has 5 atom stereocenters. The summed E-state index contributed by atoms with van der Waals surface area (Å²) in [6.07, 6.45) is 4.75. The Morgan fingerprint density at radius 3 is 2.66 bits per heavy atom. The Kier molecular flexibility index (Phi) is 10.1. The highest BCUT2D eigenvalue weighted by Gasteiger charge is 2.34. The largest absolute Gasteiger partial charge is 0.371 e. The predicted molar refractivity (Wildman–Crippen MR) is 136 cm³/mol. The van der Waals surface area contributed by atoms with Crippen molar-refractivity contribution >= 4 is 29.1 Å². The molecule has 3 amide bonds. The molecule has 0 unspecified atom stereocenters. The van der Waals surface area contributed by atoms with Crippen molar-refractivity contribution in [2.45, 2.75) is 96.5 Å². The molecular weight excluding hydrogens is 466 g/mol. The monoisotopic (exact) mass is 507 g/mol. The lowest BCUT2D eigenvalue weighted by Crippen LogP contribution is -2.57. The molecule has 2 aliphatic heterocycles. The van der Waals surface area contributed by atoms with Gasteiger partial charge in [-0.2, -0.15) is 0 Å². The van der Waals surface area contributed by atoms with Crippen molar-refractivity contribution in [2.75, 3.05) is 20.2 Å². The molecule has 10 heteroatoms. The molecule has 0 radical (unpaired) electrons. The van der Waals surface area contributed by atoms with Gasteiger partial charge in [0.1, 0.15) is 22.8 Å². The number of nitrogens with zero attached hydrogens (tertiary/aromatic N) is 2. The van der Waals surface area contributed by atoms with Gasteiger partial charge >= 0.3 is 0 Å². The van der Waals surface area contributed by atoms with Crippen molar-refractivity contribution in [3.05, 3.63) is 16.1 Å². The summed E-state index contributed by atoms with van der Waals surface area (Å²) in [5.41, 5.74) is 0.390. The molecule has 2 saturated heterocycles. The van der Waals surface area contributed by atoms with Crippen LogP contribution in [0.1, 0.15) is 87.8 Å². The number of nitrogens with one attached hydrogen (secondary N) is 3. The van der Waals surface area contributed by atoms with Gasteiger partial charge in [0.25, 0.3) is 5.91 Å². The molecule has 196 valence electrons. The van der Waals surface area contributed by atoms with Gasteiger partial charge < -0.3 is 20.7 Å². The average molecular weight is 508 g/mol. The summed E-state index contributed by atoms with van der Waals surface area (Å²) < 4.78 is 5.92. The fraction of sp³-hybridized carbons (Fsp3) is 0.760. The molecule has 0 saturated carbocycles. The molecule has 0 aromatic carbocycles. The molecule has 1 aromatic rings. The number of rotatable bonds is 9. The smallest absolute Gasteiger partial charge is 0.270 e. The molecule has 0 bridgehead atoms. The van der Waals surface area contributed by atoms with Gasteiger partial charge in [0.05, 0.1) is 6.04 Å². The minimum atomic E-state index is -0.574. The quantitative estimate of drug-likeness (QED) is 0.474. The number of aromatic nitrogens is 1. The summed E-state index contributed by atoms with van der Waals surface area (Å²) in [6.45, 7) is 9.25. The van der Waals surface area contributed by atoms with Gasteiger partial charge in [-0.3, -0.25) is 19.3 Å². The van der Waals surface area contributed by atoms with Crippen LogP contribution >= 0.6 is 11.3 Å². The van der Waals surface area contributed by atoms with Crippen molar-refractivity contribution in [2.24, 2.45) is 5.92 Å². The van der Waals surface area contributed by atoms with Crippen LogP contribution in [0.2, 0.25) is 0 Å². The maximum Gasteiger partial charge on any atom is 0.270 e. The topological polar surface area (TPSA) is 113 Å². The zero-order valence-corrected chi connectivity index (χ0v) is 22.5. The third kappa shape index (κ3) is 7.47. The second-order valence-electron chi connectivity index (χ2n) is 10.2. The van der Waals surface area contributed by atoms with Crippen LogP contribution in [-0.2, 0) is 14.3 Å². The van der Waals surface area contributed by atoms with E-state index in [0.29, 0.717) is 25.1 Å². The van der Waals surface area contributed by atoms with E-state index >= 15 is 0 Å². The maximum atomic E-state index is 13.3. The van der Waals surface area contributed by atoms with E-state index in [4.69, 9.17) is 4.74 Å². The van der Waals surface area contributed by atoms with E-state index < -0.39 is 6.04 Å². The zero-order chi connectivity index (χ0) is 25.5.